The smallest absolute Gasteiger partial charge is 0.229 e. The van der Waals surface area contributed by atoms with Crippen LogP contribution in [0.25, 0.3) is 0 Å². The quantitative estimate of drug-likeness (QED) is 0.874. The van der Waals surface area contributed by atoms with Gasteiger partial charge in [-0.15, -0.1) is 0 Å². The van der Waals surface area contributed by atoms with Crippen LogP contribution in [0.2, 0.25) is 0 Å². The lowest BCUT2D eigenvalue weighted by Gasteiger charge is -2.33. The highest BCUT2D eigenvalue weighted by Gasteiger charge is 2.37. The van der Waals surface area contributed by atoms with Gasteiger partial charge in [0.15, 0.2) is 5.82 Å². The first-order chi connectivity index (χ1) is 8.67. The Labute approximate surface area is 108 Å². The second kappa shape index (κ2) is 4.65. The van der Waals surface area contributed by atoms with E-state index in [1.54, 1.807) is 0 Å². The first-order valence-corrected chi connectivity index (χ1v) is 7.30. The molecule has 1 heterocycles. The summed E-state index contributed by atoms with van der Waals surface area (Å²) in [5.74, 6) is 2.84. The lowest BCUT2D eigenvalue weighted by atomic mass is 9.77. The van der Waals surface area contributed by atoms with Gasteiger partial charge in [0.05, 0.1) is 5.54 Å². The minimum absolute atomic E-state index is 0.340. The Balaban J connectivity index is 1.75. The third-order valence-corrected chi connectivity index (χ3v) is 4.76. The van der Waals surface area contributed by atoms with Crippen LogP contribution in [0.15, 0.2) is 4.52 Å². The third-order valence-electron chi connectivity index (χ3n) is 4.76. The zero-order chi connectivity index (χ0) is 12.6. The topological polar surface area (TPSA) is 64.9 Å². The van der Waals surface area contributed by atoms with E-state index in [1.807, 2.05) is 0 Å². The van der Waals surface area contributed by atoms with Crippen molar-refractivity contribution >= 4 is 0 Å². The van der Waals surface area contributed by atoms with Crippen LogP contribution in [0, 0.1) is 5.92 Å². The molecule has 2 N–H and O–H groups in total. The Morgan fingerprint density at radius 3 is 2.50 bits per heavy atom. The Bertz CT molecular complexity index is 401. The minimum atomic E-state index is -0.340. The second-order valence-corrected chi connectivity index (χ2v) is 6.28. The fourth-order valence-corrected chi connectivity index (χ4v) is 3.28. The summed E-state index contributed by atoms with van der Waals surface area (Å²) in [5.41, 5.74) is 6.13. The molecule has 0 atom stereocenters. The molecule has 0 aromatic carbocycles. The zero-order valence-corrected chi connectivity index (χ0v) is 11.2. The maximum Gasteiger partial charge on any atom is 0.229 e. The van der Waals surface area contributed by atoms with Gasteiger partial charge in [-0.25, -0.2) is 0 Å². The summed E-state index contributed by atoms with van der Waals surface area (Å²) >= 11 is 0. The van der Waals surface area contributed by atoms with Crippen LogP contribution >= 0.6 is 0 Å². The fourth-order valence-electron chi connectivity index (χ4n) is 3.28. The number of nitrogens with zero attached hydrogens (tertiary/aromatic N) is 2. The molecule has 3 rings (SSSR count). The van der Waals surface area contributed by atoms with Gasteiger partial charge in [-0.3, -0.25) is 0 Å². The lowest BCUT2D eigenvalue weighted by molar-refractivity contribution is 0.229. The monoisotopic (exact) mass is 249 g/mol. The molecule has 0 unspecified atom stereocenters. The van der Waals surface area contributed by atoms with Crippen molar-refractivity contribution in [1.29, 1.82) is 0 Å². The number of hydrogen-bond donors (Lipinski definition) is 1. The summed E-state index contributed by atoms with van der Waals surface area (Å²) in [4.78, 5) is 4.61. The van der Waals surface area contributed by atoms with Gasteiger partial charge < -0.3 is 10.3 Å². The average molecular weight is 249 g/mol. The van der Waals surface area contributed by atoms with E-state index in [1.165, 1.54) is 38.5 Å². The van der Waals surface area contributed by atoms with Crippen LogP contribution in [-0.4, -0.2) is 10.1 Å². The summed E-state index contributed by atoms with van der Waals surface area (Å²) in [6.07, 6.45) is 9.26. The first kappa shape index (κ1) is 12.2. The van der Waals surface area contributed by atoms with Crippen LogP contribution in [0.4, 0.5) is 0 Å². The predicted molar refractivity (Wildman–Crippen MR) is 69.0 cm³/mol. The highest BCUT2D eigenvalue weighted by atomic mass is 16.5. The van der Waals surface area contributed by atoms with E-state index in [4.69, 9.17) is 10.3 Å². The molecular formula is C14H23N3O. The van der Waals surface area contributed by atoms with E-state index in [-0.39, 0.29) is 5.54 Å². The van der Waals surface area contributed by atoms with Gasteiger partial charge in [0.1, 0.15) is 0 Å². The van der Waals surface area contributed by atoms with Gasteiger partial charge in [0.25, 0.3) is 0 Å². The number of rotatable bonds is 2. The van der Waals surface area contributed by atoms with E-state index in [0.29, 0.717) is 5.92 Å². The maximum atomic E-state index is 6.47. The molecule has 2 aliphatic carbocycles. The second-order valence-electron chi connectivity index (χ2n) is 6.28. The van der Waals surface area contributed by atoms with E-state index >= 15 is 0 Å². The zero-order valence-electron chi connectivity index (χ0n) is 11.2. The van der Waals surface area contributed by atoms with Crippen molar-refractivity contribution in [2.45, 2.75) is 69.7 Å². The average Bonchev–Trinajstić information content (AvgIpc) is 3.01. The van der Waals surface area contributed by atoms with Crippen molar-refractivity contribution in [2.24, 2.45) is 11.7 Å². The fraction of sp³-hybridized carbons (Fsp3) is 0.857. The third kappa shape index (κ3) is 2.18. The number of nitrogens with two attached hydrogens (primary N) is 1. The molecule has 4 heteroatoms. The molecule has 0 bridgehead atoms. The molecule has 0 amide bonds. The SMILES string of the molecule is CC1CCC(N)(c2noc(C3CCCC3)n2)CC1. The van der Waals surface area contributed by atoms with Gasteiger partial charge in [0, 0.05) is 5.92 Å². The van der Waals surface area contributed by atoms with Gasteiger partial charge in [-0.05, 0) is 44.4 Å². The van der Waals surface area contributed by atoms with Crippen LogP contribution in [0.1, 0.15) is 75.9 Å². The van der Waals surface area contributed by atoms with Crippen molar-refractivity contribution in [1.82, 2.24) is 10.1 Å². The molecular weight excluding hydrogens is 226 g/mol. The molecule has 0 spiro atoms. The summed E-state index contributed by atoms with van der Waals surface area (Å²) in [6, 6.07) is 0. The van der Waals surface area contributed by atoms with Crippen molar-refractivity contribution in [3.05, 3.63) is 11.7 Å². The van der Waals surface area contributed by atoms with E-state index in [0.717, 1.165) is 30.5 Å². The van der Waals surface area contributed by atoms with Crippen LogP contribution in [-0.2, 0) is 5.54 Å². The lowest BCUT2D eigenvalue weighted by Crippen LogP contribution is -2.41. The van der Waals surface area contributed by atoms with E-state index in [2.05, 4.69) is 17.1 Å². The Hall–Kier alpha value is -0.900. The Morgan fingerprint density at radius 1 is 1.17 bits per heavy atom. The Morgan fingerprint density at radius 2 is 1.83 bits per heavy atom. The normalized spacial score (nSPS) is 34.0. The summed E-state index contributed by atoms with van der Waals surface area (Å²) in [7, 11) is 0. The summed E-state index contributed by atoms with van der Waals surface area (Å²) in [6.45, 7) is 2.29. The van der Waals surface area contributed by atoms with Crippen molar-refractivity contribution in [3.8, 4) is 0 Å². The van der Waals surface area contributed by atoms with Crippen molar-refractivity contribution < 1.29 is 4.52 Å². The van der Waals surface area contributed by atoms with Crippen LogP contribution < -0.4 is 5.73 Å². The summed E-state index contributed by atoms with van der Waals surface area (Å²) in [5, 5.41) is 4.17. The molecule has 0 aliphatic heterocycles. The molecule has 2 saturated carbocycles. The van der Waals surface area contributed by atoms with Crippen molar-refractivity contribution in [2.75, 3.05) is 0 Å². The number of hydrogen-bond acceptors (Lipinski definition) is 4. The molecule has 1 aromatic rings. The van der Waals surface area contributed by atoms with Crippen molar-refractivity contribution in [3.63, 3.8) is 0 Å². The van der Waals surface area contributed by atoms with Gasteiger partial charge in [0.2, 0.25) is 5.89 Å². The molecule has 4 nitrogen and oxygen atoms in total. The van der Waals surface area contributed by atoms with Gasteiger partial charge >= 0.3 is 0 Å². The van der Waals surface area contributed by atoms with Gasteiger partial charge in [-0.2, -0.15) is 4.98 Å². The molecule has 18 heavy (non-hydrogen) atoms. The highest BCUT2D eigenvalue weighted by molar-refractivity contribution is 5.07. The number of aromatic nitrogens is 2. The molecule has 0 saturated heterocycles. The van der Waals surface area contributed by atoms with Crippen LogP contribution in [0.5, 0.6) is 0 Å². The predicted octanol–water partition coefficient (Wildman–Crippen LogP) is 3.09. The molecule has 0 radical (unpaired) electrons. The van der Waals surface area contributed by atoms with E-state index < -0.39 is 0 Å². The standard InChI is InChI=1S/C14H23N3O/c1-10-6-8-14(15,9-7-10)13-16-12(18-17-13)11-4-2-3-5-11/h10-11H,2-9,15H2,1H3. The first-order valence-electron chi connectivity index (χ1n) is 7.30. The van der Waals surface area contributed by atoms with E-state index in [9.17, 15) is 0 Å². The Kier molecular flexibility index (Phi) is 3.14. The molecule has 1 aromatic heterocycles. The maximum absolute atomic E-state index is 6.47. The molecule has 2 aliphatic rings. The minimum Gasteiger partial charge on any atom is -0.339 e. The largest absolute Gasteiger partial charge is 0.339 e. The molecule has 100 valence electrons. The highest BCUT2D eigenvalue weighted by Crippen LogP contribution is 2.38. The van der Waals surface area contributed by atoms with Gasteiger partial charge in [-0.1, -0.05) is 24.9 Å². The van der Waals surface area contributed by atoms with Crippen LogP contribution in [0.3, 0.4) is 0 Å². The summed E-state index contributed by atoms with van der Waals surface area (Å²) < 4.78 is 5.45. The molecule has 2 fully saturated rings.